The number of aromatic nitrogens is 4. The number of hydrogen-bond donors (Lipinski definition) is 6. The summed E-state index contributed by atoms with van der Waals surface area (Å²) in [6, 6.07) is 4.83. The summed E-state index contributed by atoms with van der Waals surface area (Å²) in [5, 5.41) is 34.8. The van der Waals surface area contributed by atoms with Gasteiger partial charge in [0.25, 0.3) is 5.56 Å². The fraction of sp³-hybridized carbons (Fsp3) is 0.294. The standard InChI is InChI=1S/C17H17Cl2N7O5/c18-7-2-1-6(8(19)3-7)4-21-25-17-22-10-13(23-16(20)24-14(10)30)26(17)15-12(29)11(28)9(5-27)31-15/h1-4,9,11-12,15,27-29H,5H2,(H,22,25)(H3,20,23,24,30)/b21-4-/t9-,11+,12+,15-/m0/s1. The first-order chi connectivity index (χ1) is 14.8. The van der Waals surface area contributed by atoms with E-state index < -0.39 is 36.7 Å². The lowest BCUT2D eigenvalue weighted by Crippen LogP contribution is -2.33. The van der Waals surface area contributed by atoms with Gasteiger partial charge in [-0.2, -0.15) is 10.1 Å². The molecule has 0 saturated carbocycles. The molecule has 1 aliphatic rings. The van der Waals surface area contributed by atoms with Crippen molar-refractivity contribution in [3.05, 3.63) is 44.2 Å². The summed E-state index contributed by atoms with van der Waals surface area (Å²) < 4.78 is 6.78. The minimum atomic E-state index is -1.45. The lowest BCUT2D eigenvalue weighted by molar-refractivity contribution is -0.0501. The zero-order valence-corrected chi connectivity index (χ0v) is 17.1. The first-order valence-electron chi connectivity index (χ1n) is 8.94. The van der Waals surface area contributed by atoms with Crippen LogP contribution in [0.15, 0.2) is 28.1 Å². The Hall–Kier alpha value is -2.74. The molecule has 4 rings (SSSR count). The van der Waals surface area contributed by atoms with Crippen LogP contribution >= 0.6 is 23.2 Å². The van der Waals surface area contributed by atoms with Crippen LogP contribution in [0.1, 0.15) is 11.8 Å². The third kappa shape index (κ3) is 3.96. The lowest BCUT2D eigenvalue weighted by atomic mass is 10.1. The second-order valence-corrected chi connectivity index (χ2v) is 7.54. The van der Waals surface area contributed by atoms with E-state index in [9.17, 15) is 20.1 Å². The molecular formula is C17H17Cl2N7O5. The van der Waals surface area contributed by atoms with Gasteiger partial charge in [0, 0.05) is 10.6 Å². The molecule has 0 aliphatic carbocycles. The Labute approximate surface area is 183 Å². The maximum absolute atomic E-state index is 12.3. The van der Waals surface area contributed by atoms with Crippen molar-refractivity contribution in [1.82, 2.24) is 19.5 Å². The number of nitrogen functional groups attached to an aromatic ring is 1. The van der Waals surface area contributed by atoms with Crippen molar-refractivity contribution in [3.63, 3.8) is 0 Å². The summed E-state index contributed by atoms with van der Waals surface area (Å²) in [6.07, 6.45) is -3.72. The van der Waals surface area contributed by atoms with Crippen molar-refractivity contribution < 1.29 is 20.1 Å². The van der Waals surface area contributed by atoms with Gasteiger partial charge in [0.05, 0.1) is 17.8 Å². The number of aromatic amines is 1. The maximum atomic E-state index is 12.3. The van der Waals surface area contributed by atoms with E-state index in [1.165, 1.54) is 10.8 Å². The first kappa shape index (κ1) is 21.5. The zero-order valence-electron chi connectivity index (χ0n) is 15.6. The Bertz CT molecular complexity index is 1210. The molecular weight excluding hydrogens is 453 g/mol. The van der Waals surface area contributed by atoms with E-state index in [1.54, 1.807) is 18.2 Å². The average molecular weight is 470 g/mol. The van der Waals surface area contributed by atoms with Gasteiger partial charge in [-0.1, -0.05) is 29.3 Å². The summed E-state index contributed by atoms with van der Waals surface area (Å²) in [4.78, 5) is 22.8. The average Bonchev–Trinajstić information content (AvgIpc) is 3.21. The molecule has 2 aromatic heterocycles. The lowest BCUT2D eigenvalue weighted by Gasteiger charge is -2.18. The predicted octanol–water partition coefficient (Wildman–Crippen LogP) is 0.0661. The number of aliphatic hydroxyl groups is 3. The molecule has 0 unspecified atom stereocenters. The van der Waals surface area contributed by atoms with Crippen LogP contribution in [-0.4, -0.2) is 66.0 Å². The molecule has 3 heterocycles. The number of rotatable bonds is 5. The van der Waals surface area contributed by atoms with Crippen LogP contribution in [0, 0.1) is 0 Å². The quantitative estimate of drug-likeness (QED) is 0.222. The third-order valence-corrected chi connectivity index (χ3v) is 5.23. The molecule has 0 amide bonds. The van der Waals surface area contributed by atoms with E-state index in [4.69, 9.17) is 33.7 Å². The van der Waals surface area contributed by atoms with Crippen LogP contribution in [0.2, 0.25) is 10.0 Å². The Kier molecular flexibility index (Phi) is 5.83. The first-order valence-corrected chi connectivity index (χ1v) is 9.70. The van der Waals surface area contributed by atoms with Crippen LogP contribution in [-0.2, 0) is 4.74 Å². The molecule has 4 atom stereocenters. The van der Waals surface area contributed by atoms with Gasteiger partial charge in [0.15, 0.2) is 17.4 Å². The fourth-order valence-electron chi connectivity index (χ4n) is 3.18. The van der Waals surface area contributed by atoms with Crippen molar-refractivity contribution in [2.24, 2.45) is 5.10 Å². The summed E-state index contributed by atoms with van der Waals surface area (Å²) in [7, 11) is 0. The second-order valence-electron chi connectivity index (χ2n) is 6.69. The van der Waals surface area contributed by atoms with E-state index in [0.29, 0.717) is 15.6 Å². The van der Waals surface area contributed by atoms with Gasteiger partial charge >= 0.3 is 0 Å². The number of halogens is 2. The highest BCUT2D eigenvalue weighted by atomic mass is 35.5. The summed E-state index contributed by atoms with van der Waals surface area (Å²) in [5.74, 6) is -0.219. The van der Waals surface area contributed by atoms with Gasteiger partial charge < -0.3 is 25.8 Å². The number of nitrogens with one attached hydrogen (secondary N) is 2. The highest BCUT2D eigenvalue weighted by Gasteiger charge is 2.45. The second kappa shape index (κ2) is 8.42. The predicted molar refractivity (Wildman–Crippen MR) is 113 cm³/mol. The topological polar surface area (TPSA) is 184 Å². The molecule has 1 aliphatic heterocycles. The van der Waals surface area contributed by atoms with Crippen LogP contribution in [0.5, 0.6) is 0 Å². The minimum absolute atomic E-state index is 0.0154. The minimum Gasteiger partial charge on any atom is -0.394 e. The van der Waals surface area contributed by atoms with Crippen LogP contribution in [0.25, 0.3) is 11.2 Å². The van der Waals surface area contributed by atoms with E-state index >= 15 is 0 Å². The van der Waals surface area contributed by atoms with Crippen molar-refractivity contribution >= 4 is 52.5 Å². The Morgan fingerprint density at radius 3 is 2.77 bits per heavy atom. The Morgan fingerprint density at radius 2 is 2.10 bits per heavy atom. The molecule has 3 aromatic rings. The van der Waals surface area contributed by atoms with Gasteiger partial charge in [-0.05, 0) is 12.1 Å². The molecule has 164 valence electrons. The monoisotopic (exact) mass is 469 g/mol. The number of hydrogen-bond acceptors (Lipinski definition) is 10. The van der Waals surface area contributed by atoms with Crippen LogP contribution < -0.4 is 16.7 Å². The van der Waals surface area contributed by atoms with Crippen molar-refractivity contribution in [1.29, 1.82) is 0 Å². The molecule has 12 nitrogen and oxygen atoms in total. The highest BCUT2D eigenvalue weighted by Crippen LogP contribution is 2.34. The summed E-state index contributed by atoms with van der Waals surface area (Å²) >= 11 is 12.0. The van der Waals surface area contributed by atoms with Gasteiger partial charge in [-0.3, -0.25) is 14.3 Å². The maximum Gasteiger partial charge on any atom is 0.280 e. The Balaban J connectivity index is 1.76. The van der Waals surface area contributed by atoms with E-state index in [2.05, 4.69) is 25.5 Å². The van der Waals surface area contributed by atoms with Crippen LogP contribution in [0.3, 0.4) is 0 Å². The number of nitrogens with zero attached hydrogens (tertiary/aromatic N) is 4. The molecule has 1 saturated heterocycles. The van der Waals surface area contributed by atoms with Crippen molar-refractivity contribution in [2.45, 2.75) is 24.5 Å². The molecule has 14 heteroatoms. The normalized spacial score (nSPS) is 23.8. The van der Waals surface area contributed by atoms with Crippen molar-refractivity contribution in [3.8, 4) is 0 Å². The molecule has 0 spiro atoms. The fourth-order valence-corrected chi connectivity index (χ4v) is 3.64. The SMILES string of the molecule is Nc1nc2c(nc(N/N=C\c3ccc(Cl)cc3Cl)n2[C@H]2O[C@@H](CO)[C@@H](O)[C@H]2O)c(=O)[nH]1. The van der Waals surface area contributed by atoms with E-state index in [1.807, 2.05) is 0 Å². The van der Waals surface area contributed by atoms with Gasteiger partial charge in [-0.25, -0.2) is 10.4 Å². The molecule has 0 bridgehead atoms. The Morgan fingerprint density at radius 1 is 1.32 bits per heavy atom. The molecule has 0 radical (unpaired) electrons. The molecule has 31 heavy (non-hydrogen) atoms. The molecule has 1 fully saturated rings. The molecule has 1 aromatic carbocycles. The number of hydrazone groups is 1. The smallest absolute Gasteiger partial charge is 0.280 e. The number of imidazole rings is 1. The number of H-pyrrole nitrogens is 1. The highest BCUT2D eigenvalue weighted by molar-refractivity contribution is 6.36. The zero-order chi connectivity index (χ0) is 22.3. The van der Waals surface area contributed by atoms with Gasteiger partial charge in [-0.15, -0.1) is 0 Å². The van der Waals surface area contributed by atoms with Crippen LogP contribution in [0.4, 0.5) is 11.9 Å². The van der Waals surface area contributed by atoms with Gasteiger partial charge in [0.1, 0.15) is 18.3 Å². The largest absolute Gasteiger partial charge is 0.394 e. The number of benzene rings is 1. The number of ether oxygens (including phenoxy) is 1. The number of nitrogens with two attached hydrogens (primary N) is 1. The number of anilines is 2. The van der Waals surface area contributed by atoms with Crippen molar-refractivity contribution in [2.75, 3.05) is 17.8 Å². The number of aliphatic hydroxyl groups excluding tert-OH is 3. The van der Waals surface area contributed by atoms with E-state index in [0.717, 1.165) is 0 Å². The third-order valence-electron chi connectivity index (χ3n) is 4.67. The van der Waals surface area contributed by atoms with E-state index in [-0.39, 0.29) is 23.1 Å². The summed E-state index contributed by atoms with van der Waals surface area (Å²) in [5.41, 5.74) is 8.10. The van der Waals surface area contributed by atoms with Gasteiger partial charge in [0.2, 0.25) is 11.9 Å². The molecule has 7 N–H and O–H groups in total. The summed E-state index contributed by atoms with van der Waals surface area (Å²) in [6.45, 7) is -0.534. The number of fused-ring (bicyclic) bond motifs is 1.